The van der Waals surface area contributed by atoms with Crippen LogP contribution in [0.5, 0.6) is 5.75 Å². The molecule has 0 fully saturated rings. The number of halogens is 2. The molecule has 2 unspecified atom stereocenters. The second kappa shape index (κ2) is 4.52. The lowest BCUT2D eigenvalue weighted by Crippen LogP contribution is -2.27. The van der Waals surface area contributed by atoms with Crippen LogP contribution >= 0.6 is 0 Å². The minimum atomic E-state index is -1.46. The molecule has 1 aromatic carbocycles. The summed E-state index contributed by atoms with van der Waals surface area (Å²) in [5.41, 5.74) is 4.94. The third kappa shape index (κ3) is 2.41. The van der Waals surface area contributed by atoms with Gasteiger partial charge in [-0.25, -0.2) is 4.39 Å². The van der Waals surface area contributed by atoms with Gasteiger partial charge in [-0.05, 0) is 17.7 Å². The average Bonchev–Trinajstić information content (AvgIpc) is 2.23. The van der Waals surface area contributed by atoms with Gasteiger partial charge in [0.1, 0.15) is 6.10 Å². The van der Waals surface area contributed by atoms with Gasteiger partial charge in [0, 0.05) is 6.54 Å². The highest BCUT2D eigenvalue weighted by molar-refractivity contribution is 5.32. The molecule has 0 spiro atoms. The van der Waals surface area contributed by atoms with Gasteiger partial charge >= 0.3 is 0 Å². The molecule has 0 saturated heterocycles. The van der Waals surface area contributed by atoms with E-state index in [0.29, 0.717) is 6.07 Å². The predicted molar refractivity (Wildman–Crippen MR) is 48.0 cm³/mol. The van der Waals surface area contributed by atoms with Crippen LogP contribution in [0.2, 0.25) is 0 Å². The molecule has 0 bridgehead atoms. The Morgan fingerprint density at radius 3 is 2.33 bits per heavy atom. The van der Waals surface area contributed by atoms with Gasteiger partial charge in [-0.15, -0.1) is 0 Å². The van der Waals surface area contributed by atoms with Crippen molar-refractivity contribution in [2.45, 2.75) is 12.2 Å². The highest BCUT2D eigenvalue weighted by atomic mass is 19.2. The Kier molecular flexibility index (Phi) is 3.57. The molecule has 0 heterocycles. The fourth-order valence-electron chi connectivity index (χ4n) is 1.12. The van der Waals surface area contributed by atoms with E-state index in [1.807, 2.05) is 0 Å². The number of aromatic hydroxyl groups is 1. The first kappa shape index (κ1) is 11.8. The summed E-state index contributed by atoms with van der Waals surface area (Å²) in [6.45, 7) is -0.235. The van der Waals surface area contributed by atoms with Crippen molar-refractivity contribution in [1.29, 1.82) is 0 Å². The van der Waals surface area contributed by atoms with Crippen LogP contribution in [0.25, 0.3) is 0 Å². The third-order valence-electron chi connectivity index (χ3n) is 1.98. The van der Waals surface area contributed by atoms with Crippen molar-refractivity contribution in [2.75, 3.05) is 6.54 Å². The maximum Gasteiger partial charge on any atom is 0.200 e. The van der Waals surface area contributed by atoms with Crippen molar-refractivity contribution in [3.63, 3.8) is 0 Å². The van der Waals surface area contributed by atoms with Gasteiger partial charge in [0.2, 0.25) is 0 Å². The minimum absolute atomic E-state index is 0.135. The highest BCUT2D eigenvalue weighted by Gasteiger charge is 2.20. The number of hydrogen-bond donors (Lipinski definition) is 4. The van der Waals surface area contributed by atoms with Gasteiger partial charge in [0.25, 0.3) is 0 Å². The van der Waals surface area contributed by atoms with Gasteiger partial charge in [-0.3, -0.25) is 0 Å². The van der Waals surface area contributed by atoms with Crippen LogP contribution in [0.4, 0.5) is 8.78 Å². The van der Waals surface area contributed by atoms with E-state index >= 15 is 0 Å². The topological polar surface area (TPSA) is 86.7 Å². The summed E-state index contributed by atoms with van der Waals surface area (Å²) in [6, 6.07) is 1.53. The van der Waals surface area contributed by atoms with Crippen molar-refractivity contribution >= 4 is 0 Å². The first-order valence-electron chi connectivity index (χ1n) is 4.21. The molecular formula is C9H11F2NO3. The van der Waals surface area contributed by atoms with Crippen molar-refractivity contribution < 1.29 is 24.1 Å². The molecule has 15 heavy (non-hydrogen) atoms. The lowest BCUT2D eigenvalue weighted by Gasteiger charge is -2.16. The van der Waals surface area contributed by atoms with Gasteiger partial charge in [-0.2, -0.15) is 4.39 Å². The molecule has 0 aromatic heterocycles. The van der Waals surface area contributed by atoms with E-state index in [4.69, 9.17) is 15.9 Å². The number of aliphatic hydroxyl groups is 2. The third-order valence-corrected chi connectivity index (χ3v) is 1.98. The first-order valence-corrected chi connectivity index (χ1v) is 4.21. The molecule has 6 heteroatoms. The summed E-state index contributed by atoms with van der Waals surface area (Å²) in [7, 11) is 0. The Labute approximate surface area is 84.6 Å². The van der Waals surface area contributed by atoms with E-state index in [1.165, 1.54) is 0 Å². The van der Waals surface area contributed by atoms with E-state index in [2.05, 4.69) is 0 Å². The largest absolute Gasteiger partial charge is 0.505 e. The zero-order valence-corrected chi connectivity index (χ0v) is 7.69. The smallest absolute Gasteiger partial charge is 0.200 e. The number of phenolic OH excluding ortho intramolecular Hbond substituents is 1. The quantitative estimate of drug-likeness (QED) is 0.577. The fourth-order valence-corrected chi connectivity index (χ4v) is 1.12. The maximum atomic E-state index is 12.8. The number of nitrogens with two attached hydrogens (primary N) is 1. The van der Waals surface area contributed by atoms with Gasteiger partial charge in [0.05, 0.1) is 6.10 Å². The lowest BCUT2D eigenvalue weighted by molar-refractivity contribution is 0.0240. The second-order valence-electron chi connectivity index (χ2n) is 3.08. The molecule has 5 N–H and O–H groups in total. The zero-order chi connectivity index (χ0) is 11.6. The Morgan fingerprint density at radius 2 is 1.87 bits per heavy atom. The SMILES string of the molecule is NCC(O)C(O)c1cc(O)c(F)c(F)c1. The highest BCUT2D eigenvalue weighted by Crippen LogP contribution is 2.25. The van der Waals surface area contributed by atoms with Crippen molar-refractivity contribution in [2.24, 2.45) is 5.73 Å². The first-order chi connectivity index (χ1) is 6.97. The number of hydrogen-bond acceptors (Lipinski definition) is 4. The Hall–Kier alpha value is -1.24. The second-order valence-corrected chi connectivity index (χ2v) is 3.08. The molecule has 0 aliphatic heterocycles. The van der Waals surface area contributed by atoms with E-state index in [1.54, 1.807) is 0 Å². The lowest BCUT2D eigenvalue weighted by atomic mass is 10.0. The molecule has 1 aromatic rings. The van der Waals surface area contributed by atoms with E-state index in [0.717, 1.165) is 6.07 Å². The fraction of sp³-hybridized carbons (Fsp3) is 0.333. The summed E-state index contributed by atoms with van der Waals surface area (Å²) < 4.78 is 25.5. The summed E-state index contributed by atoms with van der Waals surface area (Å²) in [4.78, 5) is 0. The number of aliphatic hydroxyl groups excluding tert-OH is 2. The molecule has 0 aliphatic carbocycles. The van der Waals surface area contributed by atoms with Crippen LogP contribution < -0.4 is 5.73 Å². The predicted octanol–water partition coefficient (Wildman–Crippen LogP) is 0.0234. The molecule has 0 amide bonds. The van der Waals surface area contributed by atoms with E-state index < -0.39 is 29.6 Å². The van der Waals surface area contributed by atoms with Crippen molar-refractivity contribution in [3.8, 4) is 5.75 Å². The Bertz CT molecular complexity index is 336. The van der Waals surface area contributed by atoms with Crippen molar-refractivity contribution in [3.05, 3.63) is 29.3 Å². The molecule has 0 saturated carbocycles. The Balaban J connectivity index is 3.06. The summed E-state index contributed by atoms with van der Waals surface area (Å²) in [5.74, 6) is -3.62. The van der Waals surface area contributed by atoms with Crippen molar-refractivity contribution in [1.82, 2.24) is 0 Å². The van der Waals surface area contributed by atoms with E-state index in [-0.39, 0.29) is 12.1 Å². The number of phenols is 1. The minimum Gasteiger partial charge on any atom is -0.505 e. The summed E-state index contributed by atoms with van der Waals surface area (Å²) >= 11 is 0. The monoisotopic (exact) mass is 219 g/mol. The van der Waals surface area contributed by atoms with Crippen LogP contribution in [0, 0.1) is 11.6 Å². The Morgan fingerprint density at radius 1 is 1.27 bits per heavy atom. The molecule has 84 valence electrons. The number of benzene rings is 1. The maximum absolute atomic E-state index is 12.8. The zero-order valence-electron chi connectivity index (χ0n) is 7.69. The molecular weight excluding hydrogens is 208 g/mol. The molecule has 0 radical (unpaired) electrons. The van der Waals surface area contributed by atoms with Crippen LogP contribution in [-0.4, -0.2) is 28.0 Å². The van der Waals surface area contributed by atoms with Gasteiger partial charge in [0.15, 0.2) is 17.4 Å². The van der Waals surface area contributed by atoms with Crippen LogP contribution in [0.15, 0.2) is 12.1 Å². The number of rotatable bonds is 3. The van der Waals surface area contributed by atoms with Gasteiger partial charge < -0.3 is 21.1 Å². The standard InChI is InChI=1S/C9H11F2NO3/c10-5-1-4(2-6(13)8(5)11)9(15)7(14)3-12/h1-2,7,9,13-15H,3,12H2. The molecule has 0 aliphatic rings. The normalized spacial score (nSPS) is 15.0. The molecule has 1 rings (SSSR count). The van der Waals surface area contributed by atoms with Crippen LogP contribution in [0.1, 0.15) is 11.7 Å². The summed E-state index contributed by atoms with van der Waals surface area (Å²) in [6.07, 6.45) is -2.76. The van der Waals surface area contributed by atoms with Crippen LogP contribution in [-0.2, 0) is 0 Å². The van der Waals surface area contributed by atoms with Gasteiger partial charge in [-0.1, -0.05) is 0 Å². The molecule has 4 nitrogen and oxygen atoms in total. The molecule has 2 atom stereocenters. The van der Waals surface area contributed by atoms with E-state index in [9.17, 15) is 13.9 Å². The van der Waals surface area contributed by atoms with Crippen LogP contribution in [0.3, 0.4) is 0 Å². The average molecular weight is 219 g/mol. The summed E-state index contributed by atoms with van der Waals surface area (Å²) in [5, 5.41) is 27.5.